The highest BCUT2D eigenvalue weighted by Crippen LogP contribution is 2.42. The molecule has 2 heterocycles. The van der Waals surface area contributed by atoms with Crippen molar-refractivity contribution in [1.29, 1.82) is 0 Å². The number of carbonyl (C=O) groups excluding carboxylic acids is 1. The predicted molar refractivity (Wildman–Crippen MR) is 118 cm³/mol. The zero-order valence-electron chi connectivity index (χ0n) is 18.7. The topological polar surface area (TPSA) is 103 Å². The van der Waals surface area contributed by atoms with E-state index in [9.17, 15) is 13.2 Å². The number of aryl methyl sites for hydroxylation is 2. The van der Waals surface area contributed by atoms with Crippen LogP contribution in [0.2, 0.25) is 0 Å². The van der Waals surface area contributed by atoms with Gasteiger partial charge < -0.3 is 18.9 Å². The lowest BCUT2D eigenvalue weighted by Gasteiger charge is -2.31. The van der Waals surface area contributed by atoms with Crippen molar-refractivity contribution in [3.8, 4) is 5.75 Å². The first-order valence-corrected chi connectivity index (χ1v) is 12.3. The molecule has 174 valence electrons. The lowest BCUT2D eigenvalue weighted by Crippen LogP contribution is -2.44. The van der Waals surface area contributed by atoms with E-state index >= 15 is 0 Å². The zero-order valence-corrected chi connectivity index (χ0v) is 19.5. The van der Waals surface area contributed by atoms with Gasteiger partial charge in [-0.1, -0.05) is 12.1 Å². The summed E-state index contributed by atoms with van der Waals surface area (Å²) < 4.78 is 41.0. The lowest BCUT2D eigenvalue weighted by molar-refractivity contribution is -0.140. The zero-order chi connectivity index (χ0) is 22.9. The molecular formula is C22H30N4O5S. The largest absolute Gasteiger partial charge is 0.497 e. The second-order valence-electron chi connectivity index (χ2n) is 8.45. The molecule has 0 spiro atoms. The highest BCUT2D eigenvalue weighted by atomic mass is 32.2. The van der Waals surface area contributed by atoms with Gasteiger partial charge >= 0.3 is 0 Å². The maximum Gasteiger partial charge on any atom is 0.259 e. The maximum absolute atomic E-state index is 13.4. The summed E-state index contributed by atoms with van der Waals surface area (Å²) in [6.07, 6.45) is 2.49. The molecule has 10 heteroatoms. The van der Waals surface area contributed by atoms with E-state index in [0.717, 1.165) is 11.3 Å². The minimum Gasteiger partial charge on any atom is -0.497 e. The fourth-order valence-electron chi connectivity index (χ4n) is 4.58. The smallest absolute Gasteiger partial charge is 0.259 e. The Balaban J connectivity index is 1.57. The highest BCUT2D eigenvalue weighted by molar-refractivity contribution is 7.89. The van der Waals surface area contributed by atoms with E-state index in [1.165, 1.54) is 6.20 Å². The van der Waals surface area contributed by atoms with E-state index < -0.39 is 10.0 Å². The summed E-state index contributed by atoms with van der Waals surface area (Å²) in [6, 6.07) is 7.31. The van der Waals surface area contributed by atoms with Gasteiger partial charge in [0.05, 0.1) is 20.3 Å². The summed E-state index contributed by atoms with van der Waals surface area (Å²) in [7, 11) is -0.414. The molecule has 0 unspecified atom stereocenters. The van der Waals surface area contributed by atoms with Crippen LogP contribution >= 0.6 is 0 Å². The van der Waals surface area contributed by atoms with Crippen LogP contribution in [0.5, 0.6) is 5.75 Å². The van der Waals surface area contributed by atoms with Gasteiger partial charge in [-0.2, -0.15) is 0 Å². The van der Waals surface area contributed by atoms with E-state index in [0.29, 0.717) is 45.0 Å². The minimum atomic E-state index is -3.78. The molecule has 2 aliphatic rings. The molecule has 0 bridgehead atoms. The van der Waals surface area contributed by atoms with Crippen molar-refractivity contribution in [2.24, 2.45) is 13.0 Å². The fourth-order valence-corrected chi connectivity index (χ4v) is 5.88. The molecule has 9 nitrogen and oxygen atoms in total. The van der Waals surface area contributed by atoms with Crippen LogP contribution in [0.1, 0.15) is 30.1 Å². The Labute approximate surface area is 188 Å². The summed E-state index contributed by atoms with van der Waals surface area (Å²) in [5, 5.41) is 0.00135. The molecule has 1 amide bonds. The summed E-state index contributed by atoms with van der Waals surface area (Å²) in [4.78, 5) is 19.4. The highest BCUT2D eigenvalue weighted by Gasteiger charge is 2.43. The molecular weight excluding hydrogens is 432 g/mol. The Morgan fingerprint density at radius 2 is 1.88 bits per heavy atom. The number of aromatic nitrogens is 2. The molecule has 1 aromatic carbocycles. The van der Waals surface area contributed by atoms with Gasteiger partial charge in [-0.05, 0) is 43.4 Å². The van der Waals surface area contributed by atoms with Gasteiger partial charge in [0, 0.05) is 38.3 Å². The number of amides is 1. The Hall–Kier alpha value is -2.43. The number of imidazole rings is 1. The first-order chi connectivity index (χ1) is 15.3. The number of methoxy groups -OCH3 is 1. The van der Waals surface area contributed by atoms with Crippen LogP contribution < -0.4 is 9.46 Å². The van der Waals surface area contributed by atoms with Crippen molar-refractivity contribution in [3.63, 3.8) is 0 Å². The average Bonchev–Trinajstić information content (AvgIpc) is 3.37. The van der Waals surface area contributed by atoms with Crippen LogP contribution in [0.15, 0.2) is 35.5 Å². The Bertz CT molecular complexity index is 1040. The summed E-state index contributed by atoms with van der Waals surface area (Å²) in [6.45, 7) is 3.94. The van der Waals surface area contributed by atoms with E-state index in [-0.39, 0.29) is 28.8 Å². The van der Waals surface area contributed by atoms with Crippen LogP contribution in [0.3, 0.4) is 0 Å². The summed E-state index contributed by atoms with van der Waals surface area (Å²) in [5.74, 6) is 1.03. The quantitative estimate of drug-likeness (QED) is 0.697. The monoisotopic (exact) mass is 462 g/mol. The van der Waals surface area contributed by atoms with Gasteiger partial charge in [0.25, 0.3) is 10.0 Å². The van der Waals surface area contributed by atoms with Crippen molar-refractivity contribution < 1.29 is 22.7 Å². The Morgan fingerprint density at radius 3 is 2.47 bits per heavy atom. The van der Waals surface area contributed by atoms with Gasteiger partial charge in [-0.3, -0.25) is 4.79 Å². The first-order valence-electron chi connectivity index (χ1n) is 10.8. The number of ether oxygens (including phenoxy) is 2. The molecule has 2 fully saturated rings. The molecule has 0 radical (unpaired) electrons. The maximum atomic E-state index is 13.4. The second-order valence-corrected chi connectivity index (χ2v) is 10.1. The van der Waals surface area contributed by atoms with Crippen molar-refractivity contribution in [2.45, 2.75) is 36.8 Å². The van der Waals surface area contributed by atoms with Crippen molar-refractivity contribution in [1.82, 2.24) is 19.2 Å². The molecule has 3 atom stereocenters. The van der Waals surface area contributed by atoms with Gasteiger partial charge in [0.2, 0.25) is 5.91 Å². The number of benzene rings is 1. The van der Waals surface area contributed by atoms with Crippen LogP contribution in [0, 0.1) is 12.8 Å². The number of hydrogen-bond acceptors (Lipinski definition) is 6. The first kappa shape index (κ1) is 22.8. The lowest BCUT2D eigenvalue weighted by atomic mass is 9.88. The van der Waals surface area contributed by atoms with Crippen molar-refractivity contribution >= 4 is 15.9 Å². The number of nitrogens with one attached hydrogen (secondary N) is 1. The number of hydrogen-bond donors (Lipinski definition) is 1. The molecule has 4 rings (SSSR count). The van der Waals surface area contributed by atoms with Crippen molar-refractivity contribution in [2.75, 3.05) is 33.4 Å². The SMILES string of the molecule is COc1ccc([C@H]2C[C@H](NS(=O)(=O)c3cn(C)c(C)n3)C[C@@H]2C(=O)N2CCOCC2)cc1. The average molecular weight is 463 g/mol. The predicted octanol–water partition coefficient (Wildman–Crippen LogP) is 1.44. The van der Waals surface area contributed by atoms with E-state index in [1.807, 2.05) is 29.2 Å². The summed E-state index contributed by atoms with van der Waals surface area (Å²) >= 11 is 0. The van der Waals surface area contributed by atoms with E-state index in [2.05, 4.69) is 9.71 Å². The molecule has 1 saturated carbocycles. The number of carbonyl (C=O) groups is 1. The molecule has 1 aromatic heterocycles. The van der Waals surface area contributed by atoms with E-state index in [4.69, 9.17) is 9.47 Å². The number of morpholine rings is 1. The van der Waals surface area contributed by atoms with E-state index in [1.54, 1.807) is 25.6 Å². The fraction of sp³-hybridized carbons (Fsp3) is 0.545. The number of rotatable bonds is 6. The van der Waals surface area contributed by atoms with Crippen LogP contribution in [-0.2, 0) is 26.6 Å². The third-order valence-corrected chi connectivity index (χ3v) is 7.82. The molecule has 1 aliphatic heterocycles. The molecule has 1 N–H and O–H groups in total. The Morgan fingerprint density at radius 1 is 1.19 bits per heavy atom. The molecule has 1 aliphatic carbocycles. The third-order valence-electron chi connectivity index (χ3n) is 6.43. The van der Waals surface area contributed by atoms with Crippen LogP contribution in [0.4, 0.5) is 0 Å². The minimum absolute atomic E-state index is 0.00135. The van der Waals surface area contributed by atoms with Gasteiger partial charge in [-0.25, -0.2) is 18.1 Å². The van der Waals surface area contributed by atoms with Gasteiger partial charge in [0.1, 0.15) is 11.6 Å². The molecule has 32 heavy (non-hydrogen) atoms. The van der Waals surface area contributed by atoms with Gasteiger partial charge in [0.15, 0.2) is 5.03 Å². The standard InChI is InChI=1S/C22H30N4O5S/c1-15-23-21(14-25(15)2)32(28,29)24-17-12-19(16-4-6-18(30-3)7-5-16)20(13-17)22(27)26-8-10-31-11-9-26/h4-7,14,17,19-20,24H,8-13H2,1-3H3/t17-,19+,20-/m0/s1. The number of sulfonamides is 1. The Kier molecular flexibility index (Phi) is 6.55. The summed E-state index contributed by atoms with van der Waals surface area (Å²) in [5.41, 5.74) is 1.01. The number of nitrogens with zero attached hydrogens (tertiary/aromatic N) is 3. The van der Waals surface area contributed by atoms with Crippen molar-refractivity contribution in [3.05, 3.63) is 41.9 Å². The second kappa shape index (κ2) is 9.21. The molecule has 2 aromatic rings. The molecule has 1 saturated heterocycles. The van der Waals surface area contributed by atoms with Crippen LogP contribution in [0.25, 0.3) is 0 Å². The normalized spacial score (nSPS) is 24.0. The third kappa shape index (κ3) is 4.67. The van der Waals surface area contributed by atoms with Crippen LogP contribution in [-0.4, -0.2) is 68.2 Å². The van der Waals surface area contributed by atoms with Gasteiger partial charge in [-0.15, -0.1) is 0 Å².